The summed E-state index contributed by atoms with van der Waals surface area (Å²) < 4.78 is 0.917. The first-order valence-electron chi connectivity index (χ1n) is 5.21. The molecular weight excluding hydrogens is 276 g/mol. The highest BCUT2D eigenvalue weighted by Gasteiger charge is 2.23. The van der Waals surface area contributed by atoms with Gasteiger partial charge in [-0.1, -0.05) is 0 Å². The number of nitrogens with zero attached hydrogens (tertiary/aromatic N) is 2. The first kappa shape index (κ1) is 11.4. The summed E-state index contributed by atoms with van der Waals surface area (Å²) in [7, 11) is 0. The lowest BCUT2D eigenvalue weighted by atomic mass is 9.92. The van der Waals surface area contributed by atoms with E-state index in [9.17, 15) is 5.11 Å². The fraction of sp³-hybridized carbons (Fsp3) is 0.700. The maximum atomic E-state index is 9.50. The molecule has 2 heterocycles. The van der Waals surface area contributed by atoms with E-state index >= 15 is 0 Å². The molecule has 1 aromatic rings. The van der Waals surface area contributed by atoms with Crippen molar-refractivity contribution >= 4 is 32.4 Å². The van der Waals surface area contributed by atoms with Gasteiger partial charge in [-0.25, -0.2) is 4.98 Å². The lowest BCUT2D eigenvalue weighted by Gasteiger charge is -2.32. The molecule has 0 saturated carbocycles. The highest BCUT2D eigenvalue weighted by atomic mass is 79.9. The van der Waals surface area contributed by atoms with E-state index in [-0.39, 0.29) is 6.10 Å². The summed E-state index contributed by atoms with van der Waals surface area (Å²) in [5.41, 5.74) is 0. The van der Waals surface area contributed by atoms with Gasteiger partial charge in [0.05, 0.1) is 6.10 Å². The number of piperidine rings is 1. The average Bonchev–Trinajstić information content (AvgIpc) is 2.65. The van der Waals surface area contributed by atoms with E-state index in [0.29, 0.717) is 5.92 Å². The molecule has 15 heavy (non-hydrogen) atoms. The molecule has 1 N–H and O–H groups in total. The maximum Gasteiger partial charge on any atom is 0.186 e. The van der Waals surface area contributed by atoms with E-state index in [2.05, 4.69) is 25.8 Å². The topological polar surface area (TPSA) is 36.4 Å². The number of aromatic nitrogens is 1. The molecule has 3 nitrogen and oxygen atoms in total. The zero-order valence-corrected chi connectivity index (χ0v) is 11.1. The quantitative estimate of drug-likeness (QED) is 0.909. The first-order chi connectivity index (χ1) is 7.16. The number of anilines is 1. The third kappa shape index (κ3) is 2.71. The molecule has 0 amide bonds. The Kier molecular flexibility index (Phi) is 3.64. The van der Waals surface area contributed by atoms with E-state index in [4.69, 9.17) is 0 Å². The van der Waals surface area contributed by atoms with Gasteiger partial charge in [0, 0.05) is 18.5 Å². The van der Waals surface area contributed by atoms with Crippen molar-refractivity contribution in [3.05, 3.63) is 9.98 Å². The van der Waals surface area contributed by atoms with Crippen LogP contribution in [0.5, 0.6) is 0 Å². The highest BCUT2D eigenvalue weighted by Crippen LogP contribution is 2.28. The summed E-state index contributed by atoms with van der Waals surface area (Å²) in [5, 5.41) is 12.6. The number of rotatable bonds is 2. The van der Waals surface area contributed by atoms with Crippen LogP contribution in [0, 0.1) is 5.92 Å². The van der Waals surface area contributed by atoms with Gasteiger partial charge in [-0.05, 0) is 41.6 Å². The van der Waals surface area contributed by atoms with Gasteiger partial charge >= 0.3 is 0 Å². The summed E-state index contributed by atoms with van der Waals surface area (Å²) in [5.74, 6) is 0.463. The van der Waals surface area contributed by atoms with Crippen LogP contribution >= 0.6 is 27.3 Å². The molecule has 1 saturated heterocycles. The summed E-state index contributed by atoms with van der Waals surface area (Å²) in [6.07, 6.45) is 1.96. The van der Waals surface area contributed by atoms with Gasteiger partial charge in [-0.2, -0.15) is 0 Å². The average molecular weight is 291 g/mol. The molecule has 1 fully saturated rings. The summed E-state index contributed by atoms with van der Waals surface area (Å²) in [6.45, 7) is 3.91. The molecule has 2 rings (SSSR count). The molecule has 84 valence electrons. The molecule has 0 aromatic carbocycles. The van der Waals surface area contributed by atoms with Crippen molar-refractivity contribution in [3.63, 3.8) is 0 Å². The van der Waals surface area contributed by atoms with Crippen LogP contribution in [0.1, 0.15) is 19.8 Å². The first-order valence-corrected chi connectivity index (χ1v) is 6.88. The van der Waals surface area contributed by atoms with Crippen LogP contribution < -0.4 is 4.90 Å². The molecule has 0 radical (unpaired) electrons. The second-order valence-electron chi connectivity index (χ2n) is 4.02. The van der Waals surface area contributed by atoms with Gasteiger partial charge in [0.1, 0.15) is 4.60 Å². The Hall–Kier alpha value is -0.130. The number of aliphatic hydroxyl groups excluding tert-OH is 1. The van der Waals surface area contributed by atoms with Crippen molar-refractivity contribution < 1.29 is 5.11 Å². The fourth-order valence-electron chi connectivity index (χ4n) is 1.96. The molecule has 0 bridgehead atoms. The van der Waals surface area contributed by atoms with Crippen LogP contribution in [-0.2, 0) is 0 Å². The molecule has 5 heteroatoms. The monoisotopic (exact) mass is 290 g/mol. The normalized spacial score (nSPS) is 20.6. The molecule has 1 unspecified atom stereocenters. The van der Waals surface area contributed by atoms with Crippen LogP contribution in [0.15, 0.2) is 9.98 Å². The smallest absolute Gasteiger partial charge is 0.186 e. The molecule has 1 atom stereocenters. The summed E-state index contributed by atoms with van der Waals surface area (Å²) in [4.78, 5) is 6.70. The van der Waals surface area contributed by atoms with Crippen molar-refractivity contribution in [2.24, 2.45) is 5.92 Å². The second-order valence-corrected chi connectivity index (χ2v) is 5.67. The Bertz CT molecular complexity index is 321. The van der Waals surface area contributed by atoms with Crippen LogP contribution in [0.25, 0.3) is 0 Å². The van der Waals surface area contributed by atoms with Gasteiger partial charge in [0.2, 0.25) is 0 Å². The minimum atomic E-state index is -0.171. The van der Waals surface area contributed by atoms with Crippen LogP contribution in [0.2, 0.25) is 0 Å². The predicted octanol–water partition coefficient (Wildman–Crippen LogP) is 2.50. The van der Waals surface area contributed by atoms with Crippen molar-refractivity contribution in [1.82, 2.24) is 4.98 Å². The van der Waals surface area contributed by atoms with Crippen LogP contribution in [0.3, 0.4) is 0 Å². The fourth-order valence-corrected chi connectivity index (χ4v) is 3.27. The van der Waals surface area contributed by atoms with Crippen molar-refractivity contribution in [1.29, 1.82) is 0 Å². The van der Waals surface area contributed by atoms with E-state index in [1.807, 2.05) is 12.3 Å². The molecular formula is C10H15BrN2OS. The van der Waals surface area contributed by atoms with Crippen LogP contribution in [-0.4, -0.2) is 29.3 Å². The lowest BCUT2D eigenvalue weighted by Crippen LogP contribution is -2.36. The lowest BCUT2D eigenvalue weighted by molar-refractivity contribution is 0.110. The van der Waals surface area contributed by atoms with Gasteiger partial charge in [0.25, 0.3) is 0 Å². The van der Waals surface area contributed by atoms with E-state index in [1.165, 1.54) is 0 Å². The third-order valence-corrected chi connectivity index (χ3v) is 4.57. The van der Waals surface area contributed by atoms with Crippen LogP contribution in [0.4, 0.5) is 5.13 Å². The number of aliphatic hydroxyl groups is 1. The van der Waals surface area contributed by atoms with Crippen molar-refractivity contribution in [3.8, 4) is 0 Å². The largest absolute Gasteiger partial charge is 0.393 e. The van der Waals surface area contributed by atoms with Gasteiger partial charge in [0.15, 0.2) is 5.13 Å². The zero-order valence-electron chi connectivity index (χ0n) is 8.69. The molecule has 1 aromatic heterocycles. The zero-order chi connectivity index (χ0) is 10.8. The molecule has 0 aliphatic carbocycles. The van der Waals surface area contributed by atoms with E-state index in [1.54, 1.807) is 11.3 Å². The molecule has 1 aliphatic heterocycles. The summed E-state index contributed by atoms with van der Waals surface area (Å²) >= 11 is 5.04. The number of halogens is 1. The van der Waals surface area contributed by atoms with Gasteiger partial charge in [-0.15, -0.1) is 11.3 Å². The molecule has 1 aliphatic rings. The Morgan fingerprint density at radius 3 is 2.73 bits per heavy atom. The SMILES string of the molecule is CC(O)C1CCN(c2nc(Br)cs2)CC1. The van der Waals surface area contributed by atoms with Gasteiger partial charge < -0.3 is 10.0 Å². The Morgan fingerprint density at radius 2 is 2.27 bits per heavy atom. The van der Waals surface area contributed by atoms with Crippen molar-refractivity contribution in [2.45, 2.75) is 25.9 Å². The minimum absolute atomic E-state index is 0.171. The minimum Gasteiger partial charge on any atom is -0.393 e. The molecule has 0 spiro atoms. The van der Waals surface area contributed by atoms with Crippen molar-refractivity contribution in [2.75, 3.05) is 18.0 Å². The Morgan fingerprint density at radius 1 is 1.60 bits per heavy atom. The Labute approximate surface area is 102 Å². The Balaban J connectivity index is 1.93. The van der Waals surface area contributed by atoms with E-state index < -0.39 is 0 Å². The summed E-state index contributed by atoms with van der Waals surface area (Å²) in [6, 6.07) is 0. The number of thiazole rings is 1. The number of hydrogen-bond acceptors (Lipinski definition) is 4. The highest BCUT2D eigenvalue weighted by molar-refractivity contribution is 9.10. The van der Waals surface area contributed by atoms with Gasteiger partial charge in [-0.3, -0.25) is 0 Å². The maximum absolute atomic E-state index is 9.50. The number of hydrogen-bond donors (Lipinski definition) is 1. The predicted molar refractivity (Wildman–Crippen MR) is 66.4 cm³/mol. The third-order valence-electron chi connectivity index (χ3n) is 2.96. The second kappa shape index (κ2) is 4.80. The standard InChI is InChI=1S/C10H15BrN2OS/c1-7(14)8-2-4-13(5-3-8)10-12-9(11)6-15-10/h6-8,14H,2-5H2,1H3. The van der Waals surface area contributed by atoms with E-state index in [0.717, 1.165) is 35.7 Å².